The van der Waals surface area contributed by atoms with Crippen molar-refractivity contribution in [2.75, 3.05) is 11.4 Å². The van der Waals surface area contributed by atoms with Gasteiger partial charge in [-0.05, 0) is 18.9 Å². The molecule has 1 aliphatic carbocycles. The van der Waals surface area contributed by atoms with Gasteiger partial charge >= 0.3 is 5.97 Å². The average Bonchev–Trinajstić information content (AvgIpc) is 3.10. The number of hydrogen-bond donors (Lipinski definition) is 1. The minimum atomic E-state index is -0.957. The molecule has 7 heteroatoms. The van der Waals surface area contributed by atoms with Crippen molar-refractivity contribution in [1.82, 2.24) is 0 Å². The highest BCUT2D eigenvalue weighted by Gasteiger charge is 2.51. The van der Waals surface area contributed by atoms with Crippen LogP contribution in [0.1, 0.15) is 12.0 Å². The van der Waals surface area contributed by atoms with Gasteiger partial charge in [-0.15, -0.1) is 0 Å². The topological polar surface area (TPSA) is 101 Å². The van der Waals surface area contributed by atoms with Crippen LogP contribution < -0.4 is 4.90 Å². The number of carbonyl (C=O) groups excluding carboxylic acids is 1. The van der Waals surface area contributed by atoms with Gasteiger partial charge in [0.25, 0.3) is 5.69 Å². The lowest BCUT2D eigenvalue weighted by molar-refractivity contribution is -0.385. The molecule has 2 aliphatic rings. The Kier molecular flexibility index (Phi) is 2.70. The molecule has 20 heavy (non-hydrogen) atoms. The third kappa shape index (κ3) is 1.82. The van der Waals surface area contributed by atoms with Crippen molar-refractivity contribution < 1.29 is 19.6 Å². The quantitative estimate of drug-likeness (QED) is 0.660. The number of benzene rings is 1. The van der Waals surface area contributed by atoms with Crippen LogP contribution in [-0.2, 0) is 16.0 Å². The van der Waals surface area contributed by atoms with Gasteiger partial charge in [0.15, 0.2) is 0 Å². The summed E-state index contributed by atoms with van der Waals surface area (Å²) in [5.41, 5.74) is 1.11. The second-order valence-corrected chi connectivity index (χ2v) is 5.06. The highest BCUT2D eigenvalue weighted by Crippen LogP contribution is 2.43. The van der Waals surface area contributed by atoms with Gasteiger partial charge in [0, 0.05) is 12.6 Å². The molecule has 0 aromatic heterocycles. The maximum Gasteiger partial charge on any atom is 0.307 e. The minimum absolute atomic E-state index is 0.0170. The predicted octanol–water partition coefficient (Wildman–Crippen LogP) is 1.20. The van der Waals surface area contributed by atoms with Crippen LogP contribution in [0.3, 0.4) is 0 Å². The number of nitro groups is 1. The third-order valence-corrected chi connectivity index (χ3v) is 3.89. The lowest BCUT2D eigenvalue weighted by Crippen LogP contribution is -2.31. The van der Waals surface area contributed by atoms with Crippen LogP contribution >= 0.6 is 0 Å². The van der Waals surface area contributed by atoms with E-state index in [2.05, 4.69) is 0 Å². The number of nitrogens with zero attached hydrogens (tertiary/aromatic N) is 2. The molecular formula is C13H12N2O5. The number of nitro benzene ring substituents is 1. The van der Waals surface area contributed by atoms with Crippen LogP contribution in [0.2, 0.25) is 0 Å². The van der Waals surface area contributed by atoms with E-state index in [9.17, 15) is 19.7 Å². The van der Waals surface area contributed by atoms with E-state index in [0.717, 1.165) is 0 Å². The monoisotopic (exact) mass is 276 g/mol. The Morgan fingerprint density at radius 3 is 2.70 bits per heavy atom. The Morgan fingerprint density at radius 2 is 2.10 bits per heavy atom. The largest absolute Gasteiger partial charge is 0.481 e. The molecule has 1 amide bonds. The summed E-state index contributed by atoms with van der Waals surface area (Å²) in [7, 11) is 0. The summed E-state index contributed by atoms with van der Waals surface area (Å²) in [4.78, 5) is 35.1. The first-order valence-electron chi connectivity index (χ1n) is 6.31. The normalized spacial score (nSPS) is 23.3. The summed E-state index contributed by atoms with van der Waals surface area (Å²) in [6.07, 6.45) is 0.789. The van der Waals surface area contributed by atoms with Crippen LogP contribution in [0.5, 0.6) is 0 Å². The molecule has 3 rings (SSSR count). The number of carboxylic acids is 1. The standard InChI is InChI=1S/C13H12N2O5/c16-12(8-6-9(8)13(17)18)14-5-4-7-10(14)2-1-3-11(7)15(19)20/h1-3,8-9H,4-6H2,(H,17,18). The predicted molar refractivity (Wildman–Crippen MR) is 68.4 cm³/mol. The van der Waals surface area contributed by atoms with Crippen molar-refractivity contribution >= 4 is 23.3 Å². The summed E-state index contributed by atoms with van der Waals surface area (Å²) in [6.45, 7) is 0.377. The number of aliphatic carboxylic acids is 1. The zero-order chi connectivity index (χ0) is 14.4. The molecule has 1 aromatic rings. The van der Waals surface area contributed by atoms with Gasteiger partial charge in [-0.2, -0.15) is 0 Å². The summed E-state index contributed by atoms with van der Waals surface area (Å²) in [6, 6.07) is 4.64. The number of anilines is 1. The van der Waals surface area contributed by atoms with E-state index in [4.69, 9.17) is 5.11 Å². The molecule has 0 spiro atoms. The molecule has 2 atom stereocenters. The molecule has 1 fully saturated rings. The number of rotatable bonds is 3. The van der Waals surface area contributed by atoms with E-state index in [1.165, 1.54) is 11.0 Å². The second-order valence-electron chi connectivity index (χ2n) is 5.06. The van der Waals surface area contributed by atoms with E-state index in [-0.39, 0.29) is 11.6 Å². The van der Waals surface area contributed by atoms with Gasteiger partial charge in [0.2, 0.25) is 5.91 Å². The SMILES string of the molecule is O=C(O)C1CC1C(=O)N1CCc2c1cccc2[N+](=O)[O-]. The number of fused-ring (bicyclic) bond motifs is 1. The van der Waals surface area contributed by atoms with Crippen LogP contribution in [0.4, 0.5) is 11.4 Å². The van der Waals surface area contributed by atoms with Crippen LogP contribution in [0.15, 0.2) is 18.2 Å². The molecule has 1 aromatic carbocycles. The first-order chi connectivity index (χ1) is 9.50. The molecule has 1 aliphatic heterocycles. The summed E-state index contributed by atoms with van der Waals surface area (Å²) < 4.78 is 0. The van der Waals surface area contributed by atoms with Crippen molar-refractivity contribution in [3.63, 3.8) is 0 Å². The van der Waals surface area contributed by atoms with Gasteiger partial charge in [-0.25, -0.2) is 0 Å². The van der Waals surface area contributed by atoms with Crippen LogP contribution in [0.25, 0.3) is 0 Å². The number of carbonyl (C=O) groups is 2. The second kappa shape index (κ2) is 4.29. The first-order valence-corrected chi connectivity index (χ1v) is 6.31. The zero-order valence-corrected chi connectivity index (χ0v) is 10.5. The van der Waals surface area contributed by atoms with Crippen LogP contribution in [-0.4, -0.2) is 28.5 Å². The average molecular weight is 276 g/mol. The number of carboxylic acid groups (broad SMARTS) is 1. The smallest absolute Gasteiger partial charge is 0.307 e. The fourth-order valence-corrected chi connectivity index (χ4v) is 2.76. The molecular weight excluding hydrogens is 264 g/mol. The lowest BCUT2D eigenvalue weighted by Gasteiger charge is -2.16. The van der Waals surface area contributed by atoms with E-state index < -0.39 is 22.7 Å². The van der Waals surface area contributed by atoms with Crippen molar-refractivity contribution in [3.8, 4) is 0 Å². The minimum Gasteiger partial charge on any atom is -0.481 e. The fraction of sp³-hybridized carbons (Fsp3) is 0.385. The maximum absolute atomic E-state index is 12.3. The lowest BCUT2D eigenvalue weighted by atomic mass is 10.1. The highest BCUT2D eigenvalue weighted by molar-refractivity contribution is 6.01. The van der Waals surface area contributed by atoms with Crippen molar-refractivity contribution in [1.29, 1.82) is 0 Å². The van der Waals surface area contributed by atoms with E-state index in [1.54, 1.807) is 12.1 Å². The number of amides is 1. The number of hydrogen-bond acceptors (Lipinski definition) is 4. The van der Waals surface area contributed by atoms with Gasteiger partial charge in [0.05, 0.1) is 28.0 Å². The molecule has 1 saturated carbocycles. The molecule has 0 radical (unpaired) electrons. The third-order valence-electron chi connectivity index (χ3n) is 3.89. The highest BCUT2D eigenvalue weighted by atomic mass is 16.6. The first kappa shape index (κ1) is 12.6. The Hall–Kier alpha value is -2.44. The Labute approximate surface area is 114 Å². The van der Waals surface area contributed by atoms with Crippen molar-refractivity contribution in [3.05, 3.63) is 33.9 Å². The molecule has 7 nitrogen and oxygen atoms in total. The Balaban J connectivity index is 1.87. The van der Waals surface area contributed by atoms with E-state index in [0.29, 0.717) is 30.6 Å². The molecule has 1 N–H and O–H groups in total. The fourth-order valence-electron chi connectivity index (χ4n) is 2.76. The molecule has 104 valence electrons. The van der Waals surface area contributed by atoms with E-state index in [1.807, 2.05) is 0 Å². The van der Waals surface area contributed by atoms with Crippen molar-refractivity contribution in [2.24, 2.45) is 11.8 Å². The molecule has 1 heterocycles. The van der Waals surface area contributed by atoms with Gasteiger partial charge in [0.1, 0.15) is 0 Å². The van der Waals surface area contributed by atoms with Gasteiger partial charge in [-0.1, -0.05) is 6.07 Å². The van der Waals surface area contributed by atoms with Gasteiger partial charge < -0.3 is 10.0 Å². The summed E-state index contributed by atoms with van der Waals surface area (Å²) >= 11 is 0. The summed E-state index contributed by atoms with van der Waals surface area (Å²) in [5.74, 6) is -2.29. The maximum atomic E-state index is 12.3. The summed E-state index contributed by atoms with van der Waals surface area (Å²) in [5, 5.41) is 19.8. The zero-order valence-electron chi connectivity index (χ0n) is 10.5. The van der Waals surface area contributed by atoms with Crippen molar-refractivity contribution in [2.45, 2.75) is 12.8 Å². The Morgan fingerprint density at radius 1 is 1.35 bits per heavy atom. The molecule has 0 saturated heterocycles. The van der Waals surface area contributed by atoms with E-state index >= 15 is 0 Å². The molecule has 2 unspecified atom stereocenters. The Bertz CT molecular complexity index is 627. The van der Waals surface area contributed by atoms with Crippen LogP contribution in [0, 0.1) is 22.0 Å². The molecule has 0 bridgehead atoms. The van der Waals surface area contributed by atoms with Gasteiger partial charge in [-0.3, -0.25) is 19.7 Å².